The van der Waals surface area contributed by atoms with E-state index >= 15 is 0 Å². The number of rotatable bonds is 6. The molecule has 16 heavy (non-hydrogen) atoms. The van der Waals surface area contributed by atoms with Gasteiger partial charge >= 0.3 is 5.97 Å². The van der Waals surface area contributed by atoms with Crippen molar-refractivity contribution >= 4 is 5.97 Å². The van der Waals surface area contributed by atoms with E-state index in [9.17, 15) is 4.79 Å². The Bertz CT molecular complexity index is 201. The molecule has 0 saturated carbocycles. The summed E-state index contributed by atoms with van der Waals surface area (Å²) in [6.07, 6.45) is 2.57. The third kappa shape index (κ3) is 10.0. The van der Waals surface area contributed by atoms with Gasteiger partial charge in [-0.15, -0.1) is 0 Å². The van der Waals surface area contributed by atoms with Crippen LogP contribution in [0.5, 0.6) is 0 Å². The highest BCUT2D eigenvalue weighted by molar-refractivity contribution is 5.69. The second kappa shape index (κ2) is 6.93. The van der Waals surface area contributed by atoms with Crippen molar-refractivity contribution in [2.24, 2.45) is 17.3 Å². The molecule has 0 saturated heterocycles. The molecule has 0 aromatic heterocycles. The van der Waals surface area contributed by atoms with Gasteiger partial charge in [0.25, 0.3) is 0 Å². The van der Waals surface area contributed by atoms with Crippen molar-refractivity contribution in [1.82, 2.24) is 0 Å². The SMILES string of the molecule is CC(C)CCOC(=O)CC(C)CC(C)(C)C. The van der Waals surface area contributed by atoms with E-state index in [0.717, 1.165) is 12.8 Å². The molecule has 0 heterocycles. The van der Waals surface area contributed by atoms with E-state index in [1.54, 1.807) is 0 Å². The summed E-state index contributed by atoms with van der Waals surface area (Å²) in [4.78, 5) is 11.5. The van der Waals surface area contributed by atoms with Gasteiger partial charge in [-0.3, -0.25) is 4.79 Å². The van der Waals surface area contributed by atoms with E-state index in [1.807, 2.05) is 0 Å². The minimum Gasteiger partial charge on any atom is -0.466 e. The normalized spacial score (nSPS) is 13.9. The zero-order valence-electron chi connectivity index (χ0n) is 11.8. The molecule has 2 heteroatoms. The molecule has 0 radical (unpaired) electrons. The first-order valence-corrected chi connectivity index (χ1v) is 6.36. The summed E-state index contributed by atoms with van der Waals surface area (Å²) in [6, 6.07) is 0. The number of ether oxygens (including phenoxy) is 1. The minimum absolute atomic E-state index is 0.0441. The number of carbonyl (C=O) groups excluding carboxylic acids is 1. The molecule has 2 nitrogen and oxygen atoms in total. The van der Waals surface area contributed by atoms with Crippen molar-refractivity contribution in [2.75, 3.05) is 6.61 Å². The average molecular weight is 228 g/mol. The highest BCUT2D eigenvalue weighted by Gasteiger charge is 2.18. The van der Waals surface area contributed by atoms with Crippen LogP contribution in [0, 0.1) is 17.3 Å². The van der Waals surface area contributed by atoms with Crippen LogP contribution >= 0.6 is 0 Å². The Morgan fingerprint density at radius 2 is 1.75 bits per heavy atom. The van der Waals surface area contributed by atoms with Crippen LogP contribution in [0.1, 0.15) is 60.8 Å². The van der Waals surface area contributed by atoms with Crippen LogP contribution in [-0.4, -0.2) is 12.6 Å². The maximum atomic E-state index is 11.5. The molecular formula is C14H28O2. The lowest BCUT2D eigenvalue weighted by Crippen LogP contribution is -2.16. The van der Waals surface area contributed by atoms with Crippen LogP contribution < -0.4 is 0 Å². The molecule has 0 spiro atoms. The minimum atomic E-state index is -0.0441. The van der Waals surface area contributed by atoms with Gasteiger partial charge in [0, 0.05) is 6.42 Å². The van der Waals surface area contributed by atoms with Crippen molar-refractivity contribution in [1.29, 1.82) is 0 Å². The first kappa shape index (κ1) is 15.5. The van der Waals surface area contributed by atoms with Gasteiger partial charge in [0.2, 0.25) is 0 Å². The molecule has 0 N–H and O–H groups in total. The standard InChI is InChI=1S/C14H28O2/c1-11(2)7-8-16-13(15)9-12(3)10-14(4,5)6/h11-12H,7-10H2,1-6H3. The van der Waals surface area contributed by atoms with Gasteiger partial charge in [-0.25, -0.2) is 0 Å². The molecule has 1 atom stereocenters. The van der Waals surface area contributed by atoms with Crippen LogP contribution in [0.4, 0.5) is 0 Å². The lowest BCUT2D eigenvalue weighted by atomic mass is 9.84. The fourth-order valence-electron chi connectivity index (χ4n) is 1.87. The fourth-order valence-corrected chi connectivity index (χ4v) is 1.87. The fraction of sp³-hybridized carbons (Fsp3) is 0.929. The Balaban J connectivity index is 3.71. The Kier molecular flexibility index (Phi) is 6.70. The van der Waals surface area contributed by atoms with Gasteiger partial charge in [0.15, 0.2) is 0 Å². The van der Waals surface area contributed by atoms with Crippen LogP contribution in [0.25, 0.3) is 0 Å². The quantitative estimate of drug-likeness (QED) is 0.641. The summed E-state index contributed by atoms with van der Waals surface area (Å²) in [5.41, 5.74) is 0.289. The van der Waals surface area contributed by atoms with Crippen LogP contribution in [0.2, 0.25) is 0 Å². The summed E-state index contributed by atoms with van der Waals surface area (Å²) in [6.45, 7) is 13.6. The molecule has 0 rings (SSSR count). The molecule has 0 bridgehead atoms. The Morgan fingerprint density at radius 1 is 1.19 bits per heavy atom. The van der Waals surface area contributed by atoms with Gasteiger partial charge in [-0.2, -0.15) is 0 Å². The summed E-state index contributed by atoms with van der Waals surface area (Å²) in [7, 11) is 0. The van der Waals surface area contributed by atoms with E-state index < -0.39 is 0 Å². The largest absolute Gasteiger partial charge is 0.466 e. The monoisotopic (exact) mass is 228 g/mol. The Hall–Kier alpha value is -0.530. The predicted octanol–water partition coefficient (Wildman–Crippen LogP) is 4.04. The molecule has 0 amide bonds. The summed E-state index contributed by atoms with van der Waals surface area (Å²) in [5, 5.41) is 0. The van der Waals surface area contributed by atoms with Crippen LogP contribution in [-0.2, 0) is 9.53 Å². The second-order valence-corrected chi connectivity index (χ2v) is 6.48. The molecule has 0 aliphatic carbocycles. The van der Waals surface area contributed by atoms with Gasteiger partial charge in [-0.05, 0) is 30.1 Å². The lowest BCUT2D eigenvalue weighted by Gasteiger charge is -2.22. The third-order valence-electron chi connectivity index (χ3n) is 2.43. The average Bonchev–Trinajstić information content (AvgIpc) is 1.98. The topological polar surface area (TPSA) is 26.3 Å². The zero-order chi connectivity index (χ0) is 12.8. The van der Waals surface area contributed by atoms with Gasteiger partial charge in [-0.1, -0.05) is 41.5 Å². The molecule has 0 aliphatic rings. The van der Waals surface area contributed by atoms with Gasteiger partial charge in [0.05, 0.1) is 6.61 Å². The first-order valence-electron chi connectivity index (χ1n) is 6.36. The van der Waals surface area contributed by atoms with Crippen molar-refractivity contribution in [3.05, 3.63) is 0 Å². The van der Waals surface area contributed by atoms with E-state index in [2.05, 4.69) is 41.5 Å². The van der Waals surface area contributed by atoms with Crippen molar-refractivity contribution < 1.29 is 9.53 Å². The predicted molar refractivity (Wildman–Crippen MR) is 68.3 cm³/mol. The van der Waals surface area contributed by atoms with E-state index in [1.165, 1.54) is 0 Å². The van der Waals surface area contributed by atoms with Crippen molar-refractivity contribution in [2.45, 2.75) is 60.8 Å². The molecular weight excluding hydrogens is 200 g/mol. The van der Waals surface area contributed by atoms with E-state index in [4.69, 9.17) is 4.74 Å². The van der Waals surface area contributed by atoms with Crippen LogP contribution in [0.3, 0.4) is 0 Å². The molecule has 0 aromatic carbocycles. The van der Waals surface area contributed by atoms with E-state index in [0.29, 0.717) is 24.9 Å². The highest BCUT2D eigenvalue weighted by Crippen LogP contribution is 2.26. The molecule has 96 valence electrons. The maximum Gasteiger partial charge on any atom is 0.306 e. The first-order chi connectivity index (χ1) is 7.20. The smallest absolute Gasteiger partial charge is 0.306 e. The number of carbonyl (C=O) groups is 1. The number of hydrogen-bond acceptors (Lipinski definition) is 2. The summed E-state index contributed by atoms with van der Waals surface area (Å²) >= 11 is 0. The zero-order valence-corrected chi connectivity index (χ0v) is 11.8. The maximum absolute atomic E-state index is 11.5. The molecule has 0 aromatic rings. The number of esters is 1. The Morgan fingerprint density at radius 3 is 2.19 bits per heavy atom. The lowest BCUT2D eigenvalue weighted by molar-refractivity contribution is -0.145. The third-order valence-corrected chi connectivity index (χ3v) is 2.43. The number of hydrogen-bond donors (Lipinski definition) is 0. The summed E-state index contributed by atoms with van der Waals surface area (Å²) < 4.78 is 5.20. The van der Waals surface area contributed by atoms with Gasteiger partial charge < -0.3 is 4.74 Å². The Labute approximate surface area is 101 Å². The van der Waals surface area contributed by atoms with E-state index in [-0.39, 0.29) is 11.4 Å². The highest BCUT2D eigenvalue weighted by atomic mass is 16.5. The molecule has 1 unspecified atom stereocenters. The van der Waals surface area contributed by atoms with Crippen LogP contribution in [0.15, 0.2) is 0 Å². The molecule has 0 aliphatic heterocycles. The van der Waals surface area contributed by atoms with Crippen molar-refractivity contribution in [3.63, 3.8) is 0 Å². The van der Waals surface area contributed by atoms with Gasteiger partial charge in [0.1, 0.15) is 0 Å². The molecule has 0 fully saturated rings. The second-order valence-electron chi connectivity index (χ2n) is 6.48. The summed E-state index contributed by atoms with van der Waals surface area (Å²) in [5.74, 6) is 0.962. The van der Waals surface area contributed by atoms with Crippen molar-refractivity contribution in [3.8, 4) is 0 Å².